The molecule has 16 heteroatoms. The number of carboxylic acids is 2. The Morgan fingerprint density at radius 1 is 0.675 bits per heavy atom. The first kappa shape index (κ1) is 36.2. The molecule has 40 heavy (non-hydrogen) atoms. The molecule has 0 aliphatic carbocycles. The van der Waals surface area contributed by atoms with Gasteiger partial charge >= 0.3 is 11.9 Å². The van der Waals surface area contributed by atoms with E-state index in [1.807, 2.05) is 13.8 Å². The highest BCUT2D eigenvalue weighted by Gasteiger charge is 2.33. The molecule has 0 aromatic rings. The summed E-state index contributed by atoms with van der Waals surface area (Å²) in [5, 5.41) is 37.0. The van der Waals surface area contributed by atoms with Crippen LogP contribution in [0.3, 0.4) is 0 Å². The van der Waals surface area contributed by atoms with Crippen molar-refractivity contribution in [2.75, 3.05) is 6.61 Å². The van der Waals surface area contributed by atoms with Gasteiger partial charge in [0.1, 0.15) is 24.2 Å². The first-order chi connectivity index (χ1) is 18.5. The quantitative estimate of drug-likeness (QED) is 0.0757. The van der Waals surface area contributed by atoms with Crippen LogP contribution in [-0.4, -0.2) is 93.6 Å². The Morgan fingerprint density at radius 3 is 1.57 bits per heavy atom. The number of nitrogens with one attached hydrogen (secondary N) is 4. The number of carboxylic acid groups (broad SMARTS) is 2. The standard InChI is InChI=1S/C24H42N6O10/c1-11(2)7-13(25)20(35)28-15(8-12(3)4)21(36)29-16(9-19(33)34)22(37)30-17(10-31)23(38)27-14(24(39)40)5-6-18(26)32/h11-17,31H,5-10,25H2,1-4H3,(H2,26,32)(H,27,38)(H,28,35)(H,29,36)(H,30,37)(H,33,34)(H,39,40)/t13-,14-,15-,16-,17-/m0/s1. The van der Waals surface area contributed by atoms with Crippen LogP contribution in [-0.2, 0) is 33.6 Å². The maximum atomic E-state index is 13.0. The Hall–Kier alpha value is -3.79. The Balaban J connectivity index is 5.65. The third kappa shape index (κ3) is 14.4. The first-order valence-electron chi connectivity index (χ1n) is 12.8. The lowest BCUT2D eigenvalue weighted by molar-refractivity contribution is -0.144. The molecule has 11 N–H and O–H groups in total. The summed E-state index contributed by atoms with van der Waals surface area (Å²) >= 11 is 0. The summed E-state index contributed by atoms with van der Waals surface area (Å²) in [4.78, 5) is 84.6. The number of aliphatic hydroxyl groups excluding tert-OH is 1. The predicted octanol–water partition coefficient (Wildman–Crippen LogP) is -2.84. The Kier molecular flexibility index (Phi) is 16.0. The maximum Gasteiger partial charge on any atom is 0.326 e. The number of aliphatic hydroxyl groups is 1. The van der Waals surface area contributed by atoms with E-state index in [0.717, 1.165) is 0 Å². The maximum absolute atomic E-state index is 13.0. The summed E-state index contributed by atoms with van der Waals surface area (Å²) < 4.78 is 0. The topological polar surface area (TPSA) is 280 Å². The molecular formula is C24H42N6O10. The van der Waals surface area contributed by atoms with Crippen LogP contribution in [0.15, 0.2) is 0 Å². The third-order valence-electron chi connectivity index (χ3n) is 5.52. The highest BCUT2D eigenvalue weighted by Crippen LogP contribution is 2.09. The molecule has 0 aromatic carbocycles. The van der Waals surface area contributed by atoms with Crippen molar-refractivity contribution in [1.82, 2.24) is 21.3 Å². The molecule has 0 aromatic heterocycles. The van der Waals surface area contributed by atoms with E-state index >= 15 is 0 Å². The van der Waals surface area contributed by atoms with Crippen LogP contribution in [0.5, 0.6) is 0 Å². The predicted molar refractivity (Wildman–Crippen MR) is 140 cm³/mol. The molecule has 0 unspecified atom stereocenters. The lowest BCUT2D eigenvalue weighted by atomic mass is 10.00. The van der Waals surface area contributed by atoms with Gasteiger partial charge in [-0.3, -0.25) is 28.8 Å². The molecule has 0 radical (unpaired) electrons. The largest absolute Gasteiger partial charge is 0.481 e. The molecule has 0 fully saturated rings. The number of carbonyl (C=O) groups excluding carboxylic acids is 5. The summed E-state index contributed by atoms with van der Waals surface area (Å²) in [6.45, 7) is 6.28. The van der Waals surface area contributed by atoms with Crippen LogP contribution >= 0.6 is 0 Å². The van der Waals surface area contributed by atoms with Gasteiger partial charge in [0.2, 0.25) is 29.5 Å². The summed E-state index contributed by atoms with van der Waals surface area (Å²) in [7, 11) is 0. The molecule has 0 bridgehead atoms. The molecule has 16 nitrogen and oxygen atoms in total. The highest BCUT2D eigenvalue weighted by atomic mass is 16.4. The van der Waals surface area contributed by atoms with Gasteiger partial charge in [-0.1, -0.05) is 27.7 Å². The number of hydrogen-bond acceptors (Lipinski definition) is 9. The van der Waals surface area contributed by atoms with Gasteiger partial charge in [0.25, 0.3) is 0 Å². The van der Waals surface area contributed by atoms with E-state index < -0.39 is 84.7 Å². The summed E-state index contributed by atoms with van der Waals surface area (Å²) in [6, 6.07) is -7.08. The van der Waals surface area contributed by atoms with Crippen LogP contribution in [0.2, 0.25) is 0 Å². The molecule has 5 atom stereocenters. The van der Waals surface area contributed by atoms with Gasteiger partial charge in [-0.2, -0.15) is 0 Å². The van der Waals surface area contributed by atoms with Crippen molar-refractivity contribution in [3.8, 4) is 0 Å². The van der Waals surface area contributed by atoms with Crippen molar-refractivity contribution in [1.29, 1.82) is 0 Å². The van der Waals surface area contributed by atoms with E-state index in [9.17, 15) is 48.9 Å². The lowest BCUT2D eigenvalue weighted by Gasteiger charge is -2.26. The Labute approximate surface area is 232 Å². The van der Waals surface area contributed by atoms with Crippen LogP contribution < -0.4 is 32.7 Å². The number of aliphatic carboxylic acids is 2. The van der Waals surface area contributed by atoms with Crippen molar-refractivity contribution >= 4 is 41.5 Å². The average molecular weight is 575 g/mol. The molecular weight excluding hydrogens is 532 g/mol. The third-order valence-corrected chi connectivity index (χ3v) is 5.52. The van der Waals surface area contributed by atoms with Gasteiger partial charge in [-0.15, -0.1) is 0 Å². The molecule has 0 rings (SSSR count). The van der Waals surface area contributed by atoms with Crippen molar-refractivity contribution in [3.63, 3.8) is 0 Å². The van der Waals surface area contributed by atoms with Crippen LogP contribution in [0.4, 0.5) is 0 Å². The fraction of sp³-hybridized carbons (Fsp3) is 0.708. The minimum absolute atomic E-state index is 0.0941. The number of rotatable bonds is 19. The summed E-state index contributed by atoms with van der Waals surface area (Å²) in [5.74, 6) is -7.56. The molecule has 228 valence electrons. The molecule has 0 saturated carbocycles. The van der Waals surface area contributed by atoms with E-state index in [1.165, 1.54) is 0 Å². The van der Waals surface area contributed by atoms with Gasteiger partial charge in [-0.05, 0) is 31.1 Å². The summed E-state index contributed by atoms with van der Waals surface area (Å²) in [5.41, 5.74) is 10.9. The zero-order valence-corrected chi connectivity index (χ0v) is 23.1. The molecule has 0 aliphatic rings. The second-order valence-electron chi connectivity index (χ2n) is 10.2. The van der Waals surface area contributed by atoms with Gasteiger partial charge in [0, 0.05) is 6.42 Å². The van der Waals surface area contributed by atoms with E-state index in [0.29, 0.717) is 6.42 Å². The van der Waals surface area contributed by atoms with E-state index in [-0.39, 0.29) is 31.1 Å². The Bertz CT molecular complexity index is 926. The molecule has 0 spiro atoms. The second-order valence-corrected chi connectivity index (χ2v) is 10.2. The van der Waals surface area contributed by atoms with Gasteiger partial charge in [0.15, 0.2) is 0 Å². The zero-order chi connectivity index (χ0) is 31.2. The molecule has 0 aliphatic heterocycles. The average Bonchev–Trinajstić information content (AvgIpc) is 2.82. The van der Waals surface area contributed by atoms with Crippen LogP contribution in [0, 0.1) is 11.8 Å². The lowest BCUT2D eigenvalue weighted by Crippen LogP contribution is -2.59. The van der Waals surface area contributed by atoms with Crippen LogP contribution in [0.1, 0.15) is 59.8 Å². The zero-order valence-electron chi connectivity index (χ0n) is 23.1. The number of primary amides is 1. The SMILES string of the molecule is CC(C)C[C@H](NC(=O)[C@@H](N)CC(C)C)C(=O)N[C@@H](CC(=O)O)C(=O)N[C@@H](CO)C(=O)N[C@@H](CCC(N)=O)C(=O)O. The number of carbonyl (C=O) groups is 7. The van der Waals surface area contributed by atoms with Crippen LogP contribution in [0.25, 0.3) is 0 Å². The van der Waals surface area contributed by atoms with E-state index in [1.54, 1.807) is 13.8 Å². The number of hydrogen-bond donors (Lipinski definition) is 9. The van der Waals surface area contributed by atoms with Gasteiger partial charge in [-0.25, -0.2) is 4.79 Å². The molecule has 0 saturated heterocycles. The Morgan fingerprint density at radius 2 is 1.12 bits per heavy atom. The molecule has 5 amide bonds. The fourth-order valence-electron chi connectivity index (χ4n) is 3.54. The van der Waals surface area contributed by atoms with Crippen molar-refractivity contribution in [3.05, 3.63) is 0 Å². The minimum Gasteiger partial charge on any atom is -0.481 e. The van der Waals surface area contributed by atoms with Crippen molar-refractivity contribution < 1.29 is 48.9 Å². The van der Waals surface area contributed by atoms with E-state index in [4.69, 9.17) is 11.5 Å². The number of nitrogens with two attached hydrogens (primary N) is 2. The van der Waals surface area contributed by atoms with Gasteiger partial charge in [0.05, 0.1) is 19.1 Å². The fourth-order valence-corrected chi connectivity index (χ4v) is 3.54. The van der Waals surface area contributed by atoms with E-state index in [2.05, 4.69) is 21.3 Å². The number of amides is 5. The second kappa shape index (κ2) is 17.7. The monoisotopic (exact) mass is 574 g/mol. The highest BCUT2D eigenvalue weighted by molar-refractivity contribution is 5.96. The first-order valence-corrected chi connectivity index (χ1v) is 12.8. The molecule has 0 heterocycles. The normalized spacial score (nSPS) is 14.8. The van der Waals surface area contributed by atoms with Crippen molar-refractivity contribution in [2.24, 2.45) is 23.3 Å². The van der Waals surface area contributed by atoms with Crippen molar-refractivity contribution in [2.45, 2.75) is 90.0 Å². The smallest absolute Gasteiger partial charge is 0.326 e. The summed E-state index contributed by atoms with van der Waals surface area (Å²) in [6.07, 6.45) is -1.15. The minimum atomic E-state index is -1.73. The van der Waals surface area contributed by atoms with Gasteiger partial charge < -0.3 is 48.1 Å².